The summed E-state index contributed by atoms with van der Waals surface area (Å²) in [4.78, 5) is 11.1. The van der Waals surface area contributed by atoms with Gasteiger partial charge >= 0.3 is 5.97 Å². The molecule has 0 aliphatic rings. The highest BCUT2D eigenvalue weighted by atomic mass is 16.6. The van der Waals surface area contributed by atoms with Gasteiger partial charge in [-0.05, 0) is 19.9 Å². The Hall–Kier alpha value is -0.830. The second kappa shape index (κ2) is 5.77. The number of carbonyl (C=O) groups excluding carboxylic acids is 1. The molecule has 3 heteroatoms. The SMILES string of the molecule is C=C(CC)C(=O)OC(CC)NC. The van der Waals surface area contributed by atoms with E-state index in [1.54, 1.807) is 7.05 Å². The molecule has 3 nitrogen and oxygen atoms in total. The Balaban J connectivity index is 3.89. The fourth-order valence-electron chi connectivity index (χ4n) is 0.703. The summed E-state index contributed by atoms with van der Waals surface area (Å²) in [5.41, 5.74) is 0.517. The number of ether oxygens (including phenoxy) is 1. The van der Waals surface area contributed by atoms with Crippen LogP contribution in [0.15, 0.2) is 12.2 Å². The van der Waals surface area contributed by atoms with Crippen molar-refractivity contribution in [3.8, 4) is 0 Å². The van der Waals surface area contributed by atoms with Crippen LogP contribution in [0.1, 0.15) is 26.7 Å². The highest BCUT2D eigenvalue weighted by Gasteiger charge is 2.11. The van der Waals surface area contributed by atoms with E-state index in [4.69, 9.17) is 4.74 Å². The summed E-state index contributed by atoms with van der Waals surface area (Å²) in [6, 6.07) is 0. The molecule has 0 aromatic heterocycles. The maximum atomic E-state index is 11.1. The third-order valence-electron chi connectivity index (χ3n) is 1.66. The summed E-state index contributed by atoms with van der Waals surface area (Å²) >= 11 is 0. The maximum Gasteiger partial charge on any atom is 0.334 e. The van der Waals surface area contributed by atoms with Crippen LogP contribution in [-0.2, 0) is 9.53 Å². The molecule has 0 saturated carbocycles. The van der Waals surface area contributed by atoms with Crippen LogP contribution < -0.4 is 5.32 Å². The Kier molecular flexibility index (Phi) is 5.37. The highest BCUT2D eigenvalue weighted by molar-refractivity contribution is 5.87. The van der Waals surface area contributed by atoms with Gasteiger partial charge in [0.15, 0.2) is 6.23 Å². The van der Waals surface area contributed by atoms with Gasteiger partial charge in [-0.15, -0.1) is 0 Å². The van der Waals surface area contributed by atoms with Crippen molar-refractivity contribution >= 4 is 5.97 Å². The predicted octanol–water partition coefficient (Wildman–Crippen LogP) is 1.45. The van der Waals surface area contributed by atoms with E-state index in [0.29, 0.717) is 12.0 Å². The first-order valence-corrected chi connectivity index (χ1v) is 4.21. The summed E-state index contributed by atoms with van der Waals surface area (Å²) < 4.78 is 5.05. The van der Waals surface area contributed by atoms with Crippen molar-refractivity contribution in [1.82, 2.24) is 5.32 Å². The molecule has 1 N–H and O–H groups in total. The molecule has 0 bridgehead atoms. The second-order valence-corrected chi connectivity index (χ2v) is 2.55. The summed E-state index contributed by atoms with van der Waals surface area (Å²) in [5, 5.41) is 2.88. The molecule has 0 aromatic rings. The third kappa shape index (κ3) is 3.53. The van der Waals surface area contributed by atoms with Crippen LogP contribution in [0.5, 0.6) is 0 Å². The Morgan fingerprint density at radius 3 is 2.50 bits per heavy atom. The zero-order chi connectivity index (χ0) is 9.56. The van der Waals surface area contributed by atoms with Gasteiger partial charge in [-0.3, -0.25) is 5.32 Å². The van der Waals surface area contributed by atoms with Gasteiger partial charge in [-0.2, -0.15) is 0 Å². The quantitative estimate of drug-likeness (QED) is 0.386. The molecule has 0 fully saturated rings. The van der Waals surface area contributed by atoms with Crippen molar-refractivity contribution in [2.45, 2.75) is 32.9 Å². The van der Waals surface area contributed by atoms with Gasteiger partial charge in [-0.25, -0.2) is 4.79 Å². The van der Waals surface area contributed by atoms with Crippen molar-refractivity contribution in [3.63, 3.8) is 0 Å². The van der Waals surface area contributed by atoms with Crippen LogP contribution in [0.2, 0.25) is 0 Å². The summed E-state index contributed by atoms with van der Waals surface area (Å²) in [6.07, 6.45) is 1.21. The van der Waals surface area contributed by atoms with Crippen LogP contribution >= 0.6 is 0 Å². The van der Waals surface area contributed by atoms with Gasteiger partial charge in [0.25, 0.3) is 0 Å². The molecule has 0 aliphatic carbocycles. The number of carbonyl (C=O) groups is 1. The second-order valence-electron chi connectivity index (χ2n) is 2.55. The first kappa shape index (κ1) is 11.2. The minimum absolute atomic E-state index is 0.194. The maximum absolute atomic E-state index is 11.1. The van der Waals surface area contributed by atoms with E-state index in [-0.39, 0.29) is 12.2 Å². The zero-order valence-electron chi connectivity index (χ0n) is 8.02. The average molecular weight is 171 g/mol. The van der Waals surface area contributed by atoms with Crippen molar-refractivity contribution in [3.05, 3.63) is 12.2 Å². The summed E-state index contributed by atoms with van der Waals surface area (Å²) in [6.45, 7) is 7.42. The first-order chi connectivity index (χ1) is 5.65. The zero-order valence-corrected chi connectivity index (χ0v) is 8.02. The van der Waals surface area contributed by atoms with Gasteiger partial charge in [0.1, 0.15) is 0 Å². The van der Waals surface area contributed by atoms with Crippen molar-refractivity contribution in [1.29, 1.82) is 0 Å². The molecule has 0 spiro atoms. The molecular weight excluding hydrogens is 154 g/mol. The normalized spacial score (nSPS) is 12.2. The van der Waals surface area contributed by atoms with Crippen molar-refractivity contribution in [2.75, 3.05) is 7.05 Å². The van der Waals surface area contributed by atoms with Gasteiger partial charge < -0.3 is 4.74 Å². The van der Waals surface area contributed by atoms with Crippen molar-refractivity contribution in [2.24, 2.45) is 0 Å². The van der Waals surface area contributed by atoms with Crippen LogP contribution in [0, 0.1) is 0 Å². The van der Waals surface area contributed by atoms with E-state index >= 15 is 0 Å². The first-order valence-electron chi connectivity index (χ1n) is 4.21. The smallest absolute Gasteiger partial charge is 0.334 e. The minimum Gasteiger partial charge on any atom is -0.443 e. The monoisotopic (exact) mass is 171 g/mol. The molecule has 12 heavy (non-hydrogen) atoms. The van der Waals surface area contributed by atoms with Crippen LogP contribution in [0.4, 0.5) is 0 Å². The largest absolute Gasteiger partial charge is 0.443 e. The van der Waals surface area contributed by atoms with Gasteiger partial charge in [0.2, 0.25) is 0 Å². The lowest BCUT2D eigenvalue weighted by Gasteiger charge is -2.15. The van der Waals surface area contributed by atoms with Crippen LogP contribution in [-0.4, -0.2) is 19.2 Å². The van der Waals surface area contributed by atoms with E-state index in [1.807, 2.05) is 13.8 Å². The van der Waals surface area contributed by atoms with E-state index in [9.17, 15) is 4.79 Å². The van der Waals surface area contributed by atoms with E-state index < -0.39 is 0 Å². The summed E-state index contributed by atoms with van der Waals surface area (Å²) in [7, 11) is 1.76. The molecule has 70 valence electrons. The standard InChI is InChI=1S/C9H17NO2/c1-5-7(3)9(11)12-8(6-2)10-4/h8,10H,3,5-6H2,1-2,4H3. The molecule has 0 aromatic carbocycles. The number of nitrogens with one attached hydrogen (secondary N) is 1. The van der Waals surface area contributed by atoms with Crippen molar-refractivity contribution < 1.29 is 9.53 Å². The Morgan fingerprint density at radius 1 is 1.58 bits per heavy atom. The van der Waals surface area contributed by atoms with Gasteiger partial charge in [0, 0.05) is 5.57 Å². The van der Waals surface area contributed by atoms with E-state index in [2.05, 4.69) is 11.9 Å². The molecule has 1 atom stereocenters. The Morgan fingerprint density at radius 2 is 2.17 bits per heavy atom. The van der Waals surface area contributed by atoms with E-state index in [1.165, 1.54) is 0 Å². The summed E-state index contributed by atoms with van der Waals surface area (Å²) in [5.74, 6) is -0.307. The van der Waals surface area contributed by atoms with Crippen LogP contribution in [0.25, 0.3) is 0 Å². The molecule has 0 radical (unpaired) electrons. The lowest BCUT2D eigenvalue weighted by atomic mass is 10.2. The molecule has 0 saturated heterocycles. The number of rotatable bonds is 5. The lowest BCUT2D eigenvalue weighted by molar-refractivity contribution is -0.145. The van der Waals surface area contributed by atoms with Gasteiger partial charge in [-0.1, -0.05) is 20.4 Å². The fourth-order valence-corrected chi connectivity index (χ4v) is 0.703. The molecule has 0 aliphatic heterocycles. The predicted molar refractivity (Wildman–Crippen MR) is 48.7 cm³/mol. The minimum atomic E-state index is -0.307. The fraction of sp³-hybridized carbons (Fsp3) is 0.667. The van der Waals surface area contributed by atoms with Crippen LogP contribution in [0.3, 0.4) is 0 Å². The lowest BCUT2D eigenvalue weighted by Crippen LogP contribution is -2.30. The highest BCUT2D eigenvalue weighted by Crippen LogP contribution is 2.03. The number of hydrogen-bond donors (Lipinski definition) is 1. The van der Waals surface area contributed by atoms with Gasteiger partial charge in [0.05, 0.1) is 0 Å². The third-order valence-corrected chi connectivity index (χ3v) is 1.66. The molecule has 0 rings (SSSR count). The number of hydrogen-bond acceptors (Lipinski definition) is 3. The Bertz CT molecular complexity index is 162. The Labute approximate surface area is 73.8 Å². The molecule has 1 unspecified atom stereocenters. The molecular formula is C9H17NO2. The number of esters is 1. The molecule has 0 heterocycles. The average Bonchev–Trinajstić information content (AvgIpc) is 2.12. The molecule has 0 amide bonds. The van der Waals surface area contributed by atoms with E-state index in [0.717, 1.165) is 6.42 Å². The topological polar surface area (TPSA) is 38.3 Å².